The zero-order chi connectivity index (χ0) is 31.9. The SMILES string of the molecule is COc1cccc2[nH]c(C(=O)N[C@@H](CC(C)C)C(=O)N[C@@H](C[C@@H]3CCNC3=O)C(=O)CO[C@@H](C)OC(=O)C(C)(C)C)cc12. The lowest BCUT2D eigenvalue weighted by atomic mass is 9.95. The van der Waals surface area contributed by atoms with Gasteiger partial charge in [-0.25, -0.2) is 0 Å². The minimum Gasteiger partial charge on any atom is -0.496 e. The molecular formula is C31H44N4O8. The number of carbonyl (C=O) groups is 5. The Morgan fingerprint density at radius 1 is 1.07 bits per heavy atom. The van der Waals surface area contributed by atoms with E-state index in [1.807, 2.05) is 19.9 Å². The average Bonchev–Trinajstić information content (AvgIpc) is 3.56. The smallest absolute Gasteiger partial charge is 0.313 e. The minimum absolute atomic E-state index is 0.0373. The number of fused-ring (bicyclic) bond motifs is 1. The maximum Gasteiger partial charge on any atom is 0.313 e. The van der Waals surface area contributed by atoms with Gasteiger partial charge in [0.05, 0.1) is 18.6 Å². The van der Waals surface area contributed by atoms with Gasteiger partial charge in [-0.2, -0.15) is 0 Å². The number of methoxy groups -OCH3 is 1. The zero-order valence-electron chi connectivity index (χ0n) is 26.0. The molecule has 0 bridgehead atoms. The highest BCUT2D eigenvalue weighted by molar-refractivity contribution is 6.02. The van der Waals surface area contributed by atoms with Gasteiger partial charge < -0.3 is 35.1 Å². The van der Waals surface area contributed by atoms with Crippen LogP contribution in [-0.2, 0) is 28.7 Å². The maximum absolute atomic E-state index is 13.6. The molecule has 0 aliphatic carbocycles. The molecule has 0 saturated carbocycles. The highest BCUT2D eigenvalue weighted by Gasteiger charge is 2.34. The van der Waals surface area contributed by atoms with Gasteiger partial charge in [-0.05, 0) is 71.1 Å². The molecule has 3 amide bonds. The molecule has 236 valence electrons. The van der Waals surface area contributed by atoms with Crippen molar-refractivity contribution in [2.45, 2.75) is 79.2 Å². The van der Waals surface area contributed by atoms with Crippen LogP contribution in [0.1, 0.15) is 71.3 Å². The lowest BCUT2D eigenvalue weighted by molar-refractivity contribution is -0.185. The van der Waals surface area contributed by atoms with Crippen molar-refractivity contribution in [1.82, 2.24) is 20.9 Å². The molecule has 1 aromatic carbocycles. The van der Waals surface area contributed by atoms with E-state index >= 15 is 0 Å². The molecule has 3 rings (SSSR count). The van der Waals surface area contributed by atoms with E-state index in [2.05, 4.69) is 20.9 Å². The molecule has 1 fully saturated rings. The predicted molar refractivity (Wildman–Crippen MR) is 159 cm³/mol. The van der Waals surface area contributed by atoms with E-state index in [1.165, 1.54) is 6.92 Å². The number of amides is 3. The lowest BCUT2D eigenvalue weighted by Gasteiger charge is -2.25. The van der Waals surface area contributed by atoms with E-state index in [1.54, 1.807) is 46.1 Å². The van der Waals surface area contributed by atoms with Crippen LogP contribution in [0.5, 0.6) is 5.75 Å². The van der Waals surface area contributed by atoms with Crippen LogP contribution in [0, 0.1) is 17.3 Å². The number of H-pyrrole nitrogens is 1. The summed E-state index contributed by atoms with van der Waals surface area (Å²) in [5, 5.41) is 9.02. The Balaban J connectivity index is 1.74. The standard InChI is InChI=1S/C31H44N4O8/c1-17(2)13-23(35-29(39)24-15-20-21(33-24)9-8-10-26(20)41-7)28(38)34-22(14-19-11-12-32-27(19)37)25(36)16-42-18(3)43-30(40)31(4,5)6/h8-10,15,17-19,22-23,33H,11-14,16H2,1-7H3,(H,32,37)(H,34,38)(H,35,39)/t18-,19+,22+,23+/m1/s1. The third-order valence-electron chi connectivity index (χ3n) is 7.15. The van der Waals surface area contributed by atoms with Crippen molar-refractivity contribution >= 4 is 40.4 Å². The number of aromatic amines is 1. The molecule has 1 aromatic heterocycles. The molecule has 0 unspecified atom stereocenters. The third-order valence-corrected chi connectivity index (χ3v) is 7.15. The molecule has 0 spiro atoms. The molecule has 2 aromatic rings. The van der Waals surface area contributed by atoms with Gasteiger partial charge in [0.2, 0.25) is 18.1 Å². The lowest BCUT2D eigenvalue weighted by Crippen LogP contribution is -2.53. The number of ketones is 1. The summed E-state index contributed by atoms with van der Waals surface area (Å²) in [4.78, 5) is 67.6. The van der Waals surface area contributed by atoms with Crippen molar-refractivity contribution in [2.75, 3.05) is 20.3 Å². The van der Waals surface area contributed by atoms with Gasteiger partial charge in [-0.15, -0.1) is 0 Å². The summed E-state index contributed by atoms with van der Waals surface area (Å²) in [5.41, 5.74) is 0.212. The van der Waals surface area contributed by atoms with Gasteiger partial charge in [0, 0.05) is 23.4 Å². The summed E-state index contributed by atoms with van der Waals surface area (Å²) in [5.74, 6) is -2.03. The summed E-state index contributed by atoms with van der Waals surface area (Å²) in [6, 6.07) is 5.04. The van der Waals surface area contributed by atoms with Crippen molar-refractivity contribution in [2.24, 2.45) is 17.3 Å². The quantitative estimate of drug-likeness (QED) is 0.190. The van der Waals surface area contributed by atoms with Gasteiger partial charge in [-0.3, -0.25) is 24.0 Å². The Kier molecular flexibility index (Phi) is 11.3. The Morgan fingerprint density at radius 2 is 1.79 bits per heavy atom. The summed E-state index contributed by atoms with van der Waals surface area (Å²) in [7, 11) is 1.54. The van der Waals surface area contributed by atoms with E-state index in [0.717, 1.165) is 5.39 Å². The molecular weight excluding hydrogens is 556 g/mol. The second-order valence-corrected chi connectivity index (χ2v) is 12.3. The first-order valence-electron chi connectivity index (χ1n) is 14.6. The topological polar surface area (TPSA) is 165 Å². The van der Waals surface area contributed by atoms with Crippen LogP contribution in [-0.4, -0.2) is 73.1 Å². The van der Waals surface area contributed by atoms with Gasteiger partial charge in [0.15, 0.2) is 5.78 Å². The summed E-state index contributed by atoms with van der Waals surface area (Å²) < 4.78 is 16.1. The van der Waals surface area contributed by atoms with Crippen LogP contribution < -0.4 is 20.7 Å². The molecule has 12 heteroatoms. The Morgan fingerprint density at radius 3 is 2.40 bits per heavy atom. The largest absolute Gasteiger partial charge is 0.496 e. The van der Waals surface area contributed by atoms with Gasteiger partial charge in [-0.1, -0.05) is 19.9 Å². The summed E-state index contributed by atoms with van der Waals surface area (Å²) >= 11 is 0. The molecule has 0 radical (unpaired) electrons. The Labute approximate surface area is 252 Å². The van der Waals surface area contributed by atoms with Gasteiger partial charge in [0.1, 0.15) is 24.1 Å². The first kappa shape index (κ1) is 33.6. The number of hydrogen-bond donors (Lipinski definition) is 4. The highest BCUT2D eigenvalue weighted by Crippen LogP contribution is 2.26. The first-order valence-corrected chi connectivity index (χ1v) is 14.6. The fourth-order valence-electron chi connectivity index (χ4n) is 4.73. The van der Waals surface area contributed by atoms with E-state index in [4.69, 9.17) is 14.2 Å². The molecule has 2 heterocycles. The van der Waals surface area contributed by atoms with E-state index in [0.29, 0.717) is 30.7 Å². The monoisotopic (exact) mass is 600 g/mol. The normalized spacial score (nSPS) is 17.2. The highest BCUT2D eigenvalue weighted by atomic mass is 16.7. The molecule has 1 saturated heterocycles. The molecule has 4 N–H and O–H groups in total. The molecule has 43 heavy (non-hydrogen) atoms. The fourth-order valence-corrected chi connectivity index (χ4v) is 4.73. The van der Waals surface area contributed by atoms with E-state index < -0.39 is 59.9 Å². The Hall–Kier alpha value is -3.93. The van der Waals surface area contributed by atoms with Crippen LogP contribution in [0.3, 0.4) is 0 Å². The van der Waals surface area contributed by atoms with Crippen molar-refractivity contribution in [3.05, 3.63) is 30.0 Å². The zero-order valence-corrected chi connectivity index (χ0v) is 26.0. The molecule has 4 atom stereocenters. The van der Waals surface area contributed by atoms with Gasteiger partial charge >= 0.3 is 5.97 Å². The van der Waals surface area contributed by atoms with Gasteiger partial charge in [0.25, 0.3) is 5.91 Å². The number of carbonyl (C=O) groups excluding carboxylic acids is 5. The number of benzene rings is 1. The van der Waals surface area contributed by atoms with Crippen molar-refractivity contribution < 1.29 is 38.2 Å². The molecule has 1 aliphatic heterocycles. The number of hydrogen-bond acceptors (Lipinski definition) is 8. The van der Waals surface area contributed by atoms with Crippen molar-refractivity contribution in [3.8, 4) is 5.75 Å². The van der Waals surface area contributed by atoms with Crippen LogP contribution in [0.15, 0.2) is 24.3 Å². The number of aromatic nitrogens is 1. The summed E-state index contributed by atoms with van der Waals surface area (Å²) in [6.07, 6.45) is -0.0956. The number of ether oxygens (including phenoxy) is 3. The molecule has 12 nitrogen and oxygen atoms in total. The van der Waals surface area contributed by atoms with Crippen molar-refractivity contribution in [3.63, 3.8) is 0 Å². The number of Topliss-reactive ketones (excluding diaryl/α,β-unsaturated/α-hetero) is 1. The van der Waals surface area contributed by atoms with E-state index in [9.17, 15) is 24.0 Å². The van der Waals surface area contributed by atoms with Crippen LogP contribution in [0.4, 0.5) is 0 Å². The van der Waals surface area contributed by atoms with Crippen LogP contribution in [0.25, 0.3) is 10.9 Å². The van der Waals surface area contributed by atoms with Crippen molar-refractivity contribution in [1.29, 1.82) is 0 Å². The maximum atomic E-state index is 13.6. The third kappa shape index (κ3) is 9.28. The van der Waals surface area contributed by atoms with Crippen LogP contribution >= 0.6 is 0 Å². The Bertz CT molecular complexity index is 1330. The second-order valence-electron chi connectivity index (χ2n) is 12.3. The number of rotatable bonds is 14. The first-order chi connectivity index (χ1) is 20.2. The number of esters is 1. The second kappa shape index (κ2) is 14.5. The average molecular weight is 601 g/mol. The summed E-state index contributed by atoms with van der Waals surface area (Å²) in [6.45, 7) is 10.5. The molecule has 1 aliphatic rings. The van der Waals surface area contributed by atoms with Crippen LogP contribution in [0.2, 0.25) is 0 Å². The van der Waals surface area contributed by atoms with E-state index in [-0.39, 0.29) is 23.9 Å². The fraction of sp³-hybridized carbons (Fsp3) is 0.581. The minimum atomic E-state index is -1.06. The number of nitrogens with one attached hydrogen (secondary N) is 4. The predicted octanol–water partition coefficient (Wildman–Crippen LogP) is 2.85.